The van der Waals surface area contributed by atoms with Crippen molar-refractivity contribution in [2.24, 2.45) is 4.99 Å². The first-order valence-corrected chi connectivity index (χ1v) is 12.1. The molecule has 1 aliphatic rings. The van der Waals surface area contributed by atoms with E-state index in [9.17, 15) is 9.18 Å². The van der Waals surface area contributed by atoms with Gasteiger partial charge in [0, 0.05) is 32.2 Å². The number of aromatic nitrogens is 6. The summed E-state index contributed by atoms with van der Waals surface area (Å²) in [6.45, 7) is 2.87. The lowest BCUT2D eigenvalue weighted by Crippen LogP contribution is -2.24. The lowest BCUT2D eigenvalue weighted by Gasteiger charge is -2.12. The van der Waals surface area contributed by atoms with E-state index in [1.165, 1.54) is 12.1 Å². The maximum absolute atomic E-state index is 13.4. The lowest BCUT2D eigenvalue weighted by molar-refractivity contribution is 0.373. The second-order valence-corrected chi connectivity index (χ2v) is 9.21. The van der Waals surface area contributed by atoms with Gasteiger partial charge in [0.25, 0.3) is 5.56 Å². The van der Waals surface area contributed by atoms with Crippen molar-refractivity contribution in [1.29, 1.82) is 0 Å². The van der Waals surface area contributed by atoms with Crippen LogP contribution in [0.1, 0.15) is 54.9 Å². The van der Waals surface area contributed by atoms with Gasteiger partial charge in [0.2, 0.25) is 11.7 Å². The number of unbranched alkanes of at least 4 members (excludes halogenated alkanes) is 2. The quantitative estimate of drug-likeness (QED) is 0.305. The van der Waals surface area contributed by atoms with E-state index >= 15 is 0 Å². The Bertz CT molecular complexity index is 1440. The Morgan fingerprint density at radius 3 is 2.91 bits per heavy atom. The molecule has 0 fully saturated rings. The second-order valence-electron chi connectivity index (χ2n) is 8.29. The molecule has 4 aromatic rings. The van der Waals surface area contributed by atoms with Gasteiger partial charge in [-0.25, -0.2) is 13.8 Å². The van der Waals surface area contributed by atoms with Gasteiger partial charge in [0.15, 0.2) is 5.82 Å². The monoisotopic (exact) mass is 527 g/mol. The highest BCUT2D eigenvalue weighted by atomic mass is 79.9. The maximum Gasteiger partial charge on any atom is 0.266 e. The zero-order valence-electron chi connectivity index (χ0n) is 18.7. The molecule has 0 unspecified atom stereocenters. The summed E-state index contributed by atoms with van der Waals surface area (Å²) >= 11 is 3.44. The number of fused-ring (bicyclic) bond motifs is 2. The van der Waals surface area contributed by atoms with Crippen LogP contribution in [-0.2, 0) is 32.2 Å². The normalized spacial score (nSPS) is 13.0. The highest BCUT2D eigenvalue weighted by molar-refractivity contribution is 9.18. The standard InChI is InChI=1S/C23H23BrFN7O2/c1-2-3-4-10-31-21-16(13-17(24)26-21)22(33)32-19(28-29-23(31)32)8-9-20-27-18(30-34-20)12-14-6-5-7-15(25)11-14/h5-7,11H,2-4,8-10,12-13H2,1H3. The number of hydrogen-bond donors (Lipinski definition) is 0. The predicted octanol–water partition coefficient (Wildman–Crippen LogP) is 3.96. The van der Waals surface area contributed by atoms with E-state index in [1.807, 2.05) is 10.6 Å². The van der Waals surface area contributed by atoms with Gasteiger partial charge in [-0.2, -0.15) is 4.98 Å². The van der Waals surface area contributed by atoms with Crippen molar-refractivity contribution in [2.45, 2.75) is 58.4 Å². The minimum Gasteiger partial charge on any atom is -0.339 e. The molecule has 0 radical (unpaired) electrons. The summed E-state index contributed by atoms with van der Waals surface area (Å²) in [5, 5.41) is 12.6. The number of halogens is 2. The van der Waals surface area contributed by atoms with Gasteiger partial charge in [-0.05, 0) is 40.0 Å². The molecule has 0 bridgehead atoms. The largest absolute Gasteiger partial charge is 0.339 e. The van der Waals surface area contributed by atoms with Crippen molar-refractivity contribution in [1.82, 2.24) is 29.3 Å². The number of hydrogen-bond acceptors (Lipinski definition) is 7. The fraction of sp³-hybridized carbons (Fsp3) is 0.391. The first-order valence-electron chi connectivity index (χ1n) is 11.3. The van der Waals surface area contributed by atoms with Gasteiger partial charge in [0.1, 0.15) is 17.5 Å². The number of benzene rings is 1. The van der Waals surface area contributed by atoms with Crippen LogP contribution in [0.4, 0.5) is 10.2 Å². The van der Waals surface area contributed by atoms with Gasteiger partial charge in [0.05, 0.1) is 10.2 Å². The zero-order chi connectivity index (χ0) is 23.7. The molecule has 4 heterocycles. The molecule has 34 heavy (non-hydrogen) atoms. The molecule has 9 nitrogen and oxygen atoms in total. The molecular formula is C23H23BrFN7O2. The van der Waals surface area contributed by atoms with Crippen molar-refractivity contribution in [3.05, 3.63) is 69.1 Å². The van der Waals surface area contributed by atoms with E-state index in [0.29, 0.717) is 60.4 Å². The Morgan fingerprint density at radius 1 is 1.21 bits per heavy atom. The molecule has 0 atom stereocenters. The molecule has 1 aromatic carbocycles. The van der Waals surface area contributed by atoms with Crippen molar-refractivity contribution in [3.8, 4) is 0 Å². The average molecular weight is 528 g/mol. The zero-order valence-corrected chi connectivity index (χ0v) is 20.3. The molecule has 1 aliphatic heterocycles. The Labute approximate surface area is 202 Å². The highest BCUT2D eigenvalue weighted by Crippen LogP contribution is 2.28. The molecular weight excluding hydrogens is 505 g/mol. The van der Waals surface area contributed by atoms with E-state index in [1.54, 1.807) is 10.5 Å². The molecule has 0 saturated carbocycles. The fourth-order valence-electron chi connectivity index (χ4n) is 4.16. The predicted molar refractivity (Wildman–Crippen MR) is 127 cm³/mol. The number of aryl methyl sites for hydroxylation is 3. The summed E-state index contributed by atoms with van der Waals surface area (Å²) in [5.41, 5.74) is 1.26. The molecule has 0 amide bonds. The summed E-state index contributed by atoms with van der Waals surface area (Å²) in [6, 6.07) is 6.31. The second kappa shape index (κ2) is 9.57. The average Bonchev–Trinajstić information content (AvgIpc) is 3.53. The van der Waals surface area contributed by atoms with Crippen LogP contribution in [0.15, 0.2) is 38.6 Å². The number of rotatable bonds is 9. The van der Waals surface area contributed by atoms with Crippen molar-refractivity contribution < 1.29 is 8.91 Å². The van der Waals surface area contributed by atoms with Crippen LogP contribution in [0.25, 0.3) is 5.78 Å². The van der Waals surface area contributed by atoms with Gasteiger partial charge >= 0.3 is 0 Å². The SMILES string of the molecule is CCCCCn1c2c(c(=O)n3c(CCc4nc(Cc5cccc(F)c5)no4)nnc13)CC(Br)=N2. The van der Waals surface area contributed by atoms with E-state index < -0.39 is 0 Å². The van der Waals surface area contributed by atoms with Crippen molar-refractivity contribution in [3.63, 3.8) is 0 Å². The highest BCUT2D eigenvalue weighted by Gasteiger charge is 2.25. The van der Waals surface area contributed by atoms with Crippen LogP contribution in [0, 0.1) is 5.82 Å². The summed E-state index contributed by atoms with van der Waals surface area (Å²) in [5.74, 6) is 2.31. The van der Waals surface area contributed by atoms with E-state index in [0.717, 1.165) is 36.0 Å². The third-order valence-electron chi connectivity index (χ3n) is 5.80. The Balaban J connectivity index is 1.38. The van der Waals surface area contributed by atoms with Crippen LogP contribution < -0.4 is 5.56 Å². The van der Waals surface area contributed by atoms with Crippen LogP contribution >= 0.6 is 15.9 Å². The lowest BCUT2D eigenvalue weighted by atomic mass is 10.1. The number of nitrogens with zero attached hydrogens (tertiary/aromatic N) is 7. The molecule has 0 spiro atoms. The van der Waals surface area contributed by atoms with Crippen molar-refractivity contribution >= 4 is 32.1 Å². The molecule has 3 aromatic heterocycles. The summed E-state index contributed by atoms with van der Waals surface area (Å²) in [7, 11) is 0. The topological polar surface area (TPSA) is 103 Å². The third-order valence-corrected chi connectivity index (χ3v) is 6.26. The fourth-order valence-corrected chi connectivity index (χ4v) is 4.61. The molecule has 176 valence electrons. The summed E-state index contributed by atoms with van der Waals surface area (Å²) < 4.78 is 23.1. The van der Waals surface area contributed by atoms with Gasteiger partial charge in [-0.15, -0.1) is 10.2 Å². The van der Waals surface area contributed by atoms with Crippen molar-refractivity contribution in [2.75, 3.05) is 0 Å². The molecule has 5 rings (SSSR count). The van der Waals surface area contributed by atoms with Crippen LogP contribution in [0.2, 0.25) is 0 Å². The van der Waals surface area contributed by atoms with E-state index in [4.69, 9.17) is 4.52 Å². The van der Waals surface area contributed by atoms with Gasteiger partial charge in [-0.3, -0.25) is 9.36 Å². The van der Waals surface area contributed by atoms with E-state index in [-0.39, 0.29) is 11.4 Å². The van der Waals surface area contributed by atoms with Crippen LogP contribution in [0.3, 0.4) is 0 Å². The molecule has 0 saturated heterocycles. The van der Waals surface area contributed by atoms with Crippen LogP contribution in [-0.4, -0.2) is 33.9 Å². The van der Waals surface area contributed by atoms with Crippen LogP contribution in [0.5, 0.6) is 0 Å². The summed E-state index contributed by atoms with van der Waals surface area (Å²) in [6.07, 6.45) is 4.79. The smallest absolute Gasteiger partial charge is 0.266 e. The third kappa shape index (κ3) is 4.44. The molecule has 0 aliphatic carbocycles. The van der Waals surface area contributed by atoms with Gasteiger partial charge < -0.3 is 4.52 Å². The first kappa shape index (κ1) is 22.6. The minimum absolute atomic E-state index is 0.146. The molecule has 0 N–H and O–H groups in total. The summed E-state index contributed by atoms with van der Waals surface area (Å²) in [4.78, 5) is 22.2. The Kier molecular flexibility index (Phi) is 6.36. The molecule has 11 heteroatoms. The Hall–Kier alpha value is -3.21. The van der Waals surface area contributed by atoms with Gasteiger partial charge in [-0.1, -0.05) is 37.1 Å². The number of aliphatic imine (C=N–C) groups is 1. The first-order chi connectivity index (χ1) is 16.5. The minimum atomic E-state index is -0.302. The van der Waals surface area contributed by atoms with E-state index in [2.05, 4.69) is 48.2 Å². The maximum atomic E-state index is 13.4. The Morgan fingerprint density at radius 2 is 2.09 bits per heavy atom.